The number of rotatable bonds is 1. The molecule has 4 heterocycles. The quantitative estimate of drug-likeness (QED) is 0.154. The first-order chi connectivity index (χ1) is 33.4. The summed E-state index contributed by atoms with van der Waals surface area (Å²) in [6.07, 6.45) is 2.10. The van der Waals surface area contributed by atoms with Crippen LogP contribution in [0.5, 0.6) is 0 Å². The number of nitrogens with zero attached hydrogens (tertiary/aromatic N) is 4. The smallest absolute Gasteiger partial charge is 0.136 e. The minimum Gasteiger partial charge on any atom is -0.510 e. The Hall–Kier alpha value is -7.33. The number of hydrogen-bond acceptors (Lipinski definition) is 2. The van der Waals surface area contributed by atoms with Gasteiger partial charge in [0.15, 0.2) is 0 Å². The topological polar surface area (TPSA) is 40.3 Å². The van der Waals surface area contributed by atoms with Crippen LogP contribution < -0.4 is 0 Å². The van der Waals surface area contributed by atoms with Crippen LogP contribution in [0.2, 0.25) is 0 Å². The Balaban J connectivity index is 0.00000533. The van der Waals surface area contributed by atoms with Crippen LogP contribution in [-0.4, -0.2) is 18.5 Å². The largest absolute Gasteiger partial charge is 0.510 e. The van der Waals surface area contributed by atoms with Gasteiger partial charge in [0, 0.05) is 50.8 Å². The first-order valence-electron chi connectivity index (χ1n) is 24.0. The number of para-hydroxylation sites is 3. The Labute approximate surface area is 393 Å². The Morgan fingerprint density at radius 2 is 1.33 bits per heavy atom. The zero-order valence-electron chi connectivity index (χ0n) is 41.0. The number of imidazole rings is 1. The van der Waals surface area contributed by atoms with Crippen LogP contribution in [0.4, 0.5) is 0 Å². The second-order valence-electron chi connectivity index (χ2n) is 16.9. The second-order valence-corrected chi connectivity index (χ2v) is 16.9. The van der Waals surface area contributed by atoms with Crippen molar-refractivity contribution >= 4 is 82.1 Å². The van der Waals surface area contributed by atoms with E-state index in [1.54, 1.807) is 16.5 Å². The molecule has 0 saturated heterocycles. The summed E-state index contributed by atoms with van der Waals surface area (Å²) in [5, 5.41) is 5.13. The molecule has 0 amide bonds. The van der Waals surface area contributed by atoms with Gasteiger partial charge in [0.1, 0.15) is 5.65 Å². The standard InChI is InChI=1S/C58H41N4O.Pt/c1-58(2,3)41-33-49(38-16-5-4-6-17-38)57-50(34-41)46-23-8-7-22-45(46)39-18-13-19-40(32-39)51-25-15-29-56(59-51)62-52-26-10-9-24-47(52)48-31-30-44(36-55(48)62)63-43-21-14-20-42(35-43)60-37-61(57)54-28-12-11-27-53(54)60;/h4-34,37H,1-3H3;/q-3;/i9D,10D,24D,26D,30D,31D;. The van der Waals surface area contributed by atoms with E-state index in [0.717, 1.165) is 54.9 Å². The molecule has 0 spiro atoms. The van der Waals surface area contributed by atoms with Crippen LogP contribution in [0.1, 0.15) is 34.6 Å². The Bertz CT molecular complexity index is 4270. The van der Waals surface area contributed by atoms with Crippen LogP contribution in [0.3, 0.4) is 0 Å². The zero-order valence-corrected chi connectivity index (χ0v) is 37.3. The van der Waals surface area contributed by atoms with Crippen molar-refractivity contribution in [2.45, 2.75) is 26.2 Å². The third kappa shape index (κ3) is 6.58. The van der Waals surface area contributed by atoms with Crippen LogP contribution in [-0.2, 0) is 26.5 Å². The summed E-state index contributed by atoms with van der Waals surface area (Å²) in [5.41, 5.74) is 8.14. The SMILES string of the molecule is [2H]c1c([2H])c([2H])c2c(c1[2H])c1c([2H])c([2H])c3[c-]c1n2c1cccc(n1)c1cccc(c1)c1ccccc1c1cc(C(C)(C)C)cc(-c2ccccc2)c1n1[cH-]n(c2[c-]c(ccc2)o3)-c2ccccc2-1.[Pt]. The van der Waals surface area contributed by atoms with E-state index in [0.29, 0.717) is 16.7 Å². The Morgan fingerprint density at radius 3 is 2.17 bits per heavy atom. The Kier molecular flexibility index (Phi) is 8.04. The van der Waals surface area contributed by atoms with Crippen molar-refractivity contribution in [3.05, 3.63) is 212 Å². The van der Waals surface area contributed by atoms with E-state index in [1.165, 1.54) is 5.56 Å². The van der Waals surface area contributed by atoms with Crippen molar-refractivity contribution < 1.29 is 33.7 Å². The average Bonchev–Trinajstić information content (AvgIpc) is 3.93. The van der Waals surface area contributed by atoms with Gasteiger partial charge in [0.05, 0.1) is 11.0 Å². The molecule has 6 heteroatoms. The first kappa shape index (κ1) is 33.3. The van der Waals surface area contributed by atoms with E-state index < -0.39 is 12.1 Å². The zero-order chi connectivity index (χ0) is 47.5. The number of fused-ring (bicyclic) bond motifs is 23. The molecule has 3 aromatic heterocycles. The molecule has 5 nitrogen and oxygen atoms in total. The van der Waals surface area contributed by atoms with Crippen LogP contribution in [0, 0.1) is 12.1 Å². The molecule has 1 aliphatic heterocycles. The fourth-order valence-electron chi connectivity index (χ4n) is 8.90. The minimum absolute atomic E-state index is 0. The van der Waals surface area contributed by atoms with Crippen molar-refractivity contribution in [3.63, 3.8) is 0 Å². The predicted octanol–water partition coefficient (Wildman–Crippen LogP) is 15.1. The van der Waals surface area contributed by atoms with Crippen molar-refractivity contribution in [2.24, 2.45) is 0 Å². The molecule has 11 aromatic rings. The van der Waals surface area contributed by atoms with E-state index in [2.05, 4.69) is 133 Å². The molecule has 12 rings (SSSR count). The summed E-state index contributed by atoms with van der Waals surface area (Å²) in [4.78, 5) is 5.19. The summed E-state index contributed by atoms with van der Waals surface area (Å²) in [5.74, 6) is 0. The first-order valence-corrected chi connectivity index (χ1v) is 21.0. The van der Waals surface area contributed by atoms with E-state index >= 15 is 0 Å². The molecule has 0 radical (unpaired) electrons. The van der Waals surface area contributed by atoms with E-state index in [4.69, 9.17) is 13.5 Å². The van der Waals surface area contributed by atoms with Crippen molar-refractivity contribution in [1.29, 1.82) is 0 Å². The maximum atomic E-state index is 9.42. The molecule has 1 aliphatic rings. The summed E-state index contributed by atoms with van der Waals surface area (Å²) in [6.45, 7) is 6.74. The van der Waals surface area contributed by atoms with Crippen LogP contribution >= 0.6 is 0 Å². The fraction of sp³-hybridized carbons (Fsp3) is 0.0690. The molecular weight excluding hydrogens is 964 g/mol. The van der Waals surface area contributed by atoms with Gasteiger partial charge in [-0.3, -0.25) is 0 Å². The van der Waals surface area contributed by atoms with Gasteiger partial charge in [-0.2, -0.15) is 24.2 Å². The monoisotopic (exact) mass is 1010 g/mol. The summed E-state index contributed by atoms with van der Waals surface area (Å²) in [7, 11) is 0. The van der Waals surface area contributed by atoms with Crippen molar-refractivity contribution in [2.75, 3.05) is 0 Å². The molecule has 312 valence electrons. The van der Waals surface area contributed by atoms with Gasteiger partial charge in [-0.1, -0.05) is 160 Å². The van der Waals surface area contributed by atoms with Gasteiger partial charge in [0.25, 0.3) is 0 Å². The number of hydrogen-bond donors (Lipinski definition) is 0. The van der Waals surface area contributed by atoms with Gasteiger partial charge >= 0.3 is 0 Å². The normalized spacial score (nSPS) is 13.2. The van der Waals surface area contributed by atoms with E-state index in [-0.39, 0.29) is 83.6 Å². The van der Waals surface area contributed by atoms with Gasteiger partial charge in [-0.25, -0.2) is 4.98 Å². The third-order valence-electron chi connectivity index (χ3n) is 11.9. The van der Waals surface area contributed by atoms with Gasteiger partial charge in [-0.15, -0.1) is 29.1 Å². The summed E-state index contributed by atoms with van der Waals surface area (Å²) < 4.78 is 66.8. The molecule has 0 aliphatic carbocycles. The fourth-order valence-corrected chi connectivity index (χ4v) is 8.90. The van der Waals surface area contributed by atoms with E-state index in [9.17, 15) is 4.11 Å². The van der Waals surface area contributed by atoms with Crippen LogP contribution in [0.25, 0.3) is 105 Å². The molecule has 0 fully saturated rings. The molecule has 0 unspecified atom stereocenters. The Morgan fingerprint density at radius 1 is 0.594 bits per heavy atom. The molecular formula is C58H41N4OPt-3. The van der Waals surface area contributed by atoms with E-state index in [1.807, 2.05) is 54.6 Å². The predicted molar refractivity (Wildman–Crippen MR) is 261 cm³/mol. The van der Waals surface area contributed by atoms with Gasteiger partial charge in [-0.05, 0) is 91.5 Å². The maximum Gasteiger partial charge on any atom is 0.136 e. The van der Waals surface area contributed by atoms with Gasteiger partial charge < -0.3 is 18.0 Å². The molecule has 8 aromatic carbocycles. The van der Waals surface area contributed by atoms with Gasteiger partial charge in [0.2, 0.25) is 0 Å². The molecule has 10 bridgehead atoms. The van der Waals surface area contributed by atoms with Crippen molar-refractivity contribution in [3.8, 4) is 22.5 Å². The molecule has 0 saturated carbocycles. The second kappa shape index (κ2) is 15.5. The third-order valence-corrected chi connectivity index (χ3v) is 11.9. The number of benzene rings is 8. The number of aromatic nitrogens is 4. The van der Waals surface area contributed by atoms with Crippen molar-refractivity contribution in [1.82, 2.24) is 18.5 Å². The van der Waals surface area contributed by atoms with Crippen LogP contribution in [0.15, 0.2) is 199 Å². The number of pyridine rings is 1. The summed E-state index contributed by atoms with van der Waals surface area (Å²) >= 11 is 0. The minimum atomic E-state index is -0.441. The average molecular weight is 1010 g/mol. The molecule has 64 heavy (non-hydrogen) atoms. The molecule has 0 atom stereocenters. The molecule has 0 N–H and O–H groups in total. The maximum absolute atomic E-state index is 9.42. The summed E-state index contributed by atoms with van der Waals surface area (Å²) in [6, 6.07) is 56.0.